The molecular formula is C22H25NO6S. The van der Waals surface area contributed by atoms with E-state index < -0.39 is 34.2 Å². The van der Waals surface area contributed by atoms with Gasteiger partial charge in [-0.25, -0.2) is 18.0 Å². The molecule has 0 aromatic heterocycles. The maximum atomic E-state index is 13.1. The molecule has 0 aliphatic carbocycles. The van der Waals surface area contributed by atoms with Crippen LogP contribution in [-0.4, -0.2) is 43.4 Å². The van der Waals surface area contributed by atoms with E-state index in [9.17, 15) is 18.0 Å². The van der Waals surface area contributed by atoms with E-state index in [1.165, 1.54) is 28.6 Å². The predicted molar refractivity (Wildman–Crippen MR) is 110 cm³/mol. The van der Waals surface area contributed by atoms with E-state index in [1.807, 2.05) is 24.3 Å². The zero-order valence-electron chi connectivity index (χ0n) is 17.3. The molecule has 3 rings (SSSR count). The van der Waals surface area contributed by atoms with Gasteiger partial charge in [-0.05, 0) is 56.5 Å². The Morgan fingerprint density at radius 1 is 1.03 bits per heavy atom. The van der Waals surface area contributed by atoms with Gasteiger partial charge in [-0.3, -0.25) is 0 Å². The third-order valence-corrected chi connectivity index (χ3v) is 6.39. The molecule has 0 radical (unpaired) electrons. The number of benzene rings is 2. The van der Waals surface area contributed by atoms with E-state index in [0.29, 0.717) is 13.0 Å². The smallest absolute Gasteiger partial charge is 0.344 e. The van der Waals surface area contributed by atoms with Crippen LogP contribution in [0.4, 0.5) is 0 Å². The summed E-state index contributed by atoms with van der Waals surface area (Å²) in [5.41, 5.74) is 1.48. The average Bonchev–Trinajstić information content (AvgIpc) is 2.70. The van der Waals surface area contributed by atoms with Crippen molar-refractivity contribution in [3.8, 4) is 0 Å². The van der Waals surface area contributed by atoms with Crippen LogP contribution in [0, 0.1) is 0 Å². The van der Waals surface area contributed by atoms with Gasteiger partial charge in [-0.1, -0.05) is 30.3 Å². The van der Waals surface area contributed by atoms with Crippen LogP contribution in [-0.2, 0) is 37.3 Å². The van der Waals surface area contributed by atoms with Gasteiger partial charge in [0.2, 0.25) is 10.0 Å². The Bertz CT molecular complexity index is 1060. The lowest BCUT2D eigenvalue weighted by Crippen LogP contribution is -2.36. The molecule has 0 saturated heterocycles. The van der Waals surface area contributed by atoms with Crippen LogP contribution >= 0.6 is 0 Å². The Morgan fingerprint density at radius 3 is 2.43 bits per heavy atom. The molecule has 160 valence electrons. The third-order valence-electron chi connectivity index (χ3n) is 4.54. The van der Waals surface area contributed by atoms with Crippen LogP contribution in [0.25, 0.3) is 0 Å². The van der Waals surface area contributed by atoms with Crippen molar-refractivity contribution in [2.75, 3.05) is 13.2 Å². The number of esters is 2. The summed E-state index contributed by atoms with van der Waals surface area (Å²) in [5.74, 6) is -1.46. The molecule has 0 saturated carbocycles. The van der Waals surface area contributed by atoms with Crippen LogP contribution in [0.1, 0.15) is 42.3 Å². The summed E-state index contributed by atoms with van der Waals surface area (Å²) in [6, 6.07) is 13.4. The number of rotatable bonds is 5. The summed E-state index contributed by atoms with van der Waals surface area (Å²) in [7, 11) is -3.78. The van der Waals surface area contributed by atoms with Gasteiger partial charge in [0.05, 0.1) is 10.5 Å². The standard InChI is InChI=1S/C22H25NO6S/c1-22(2,3)29-20(24)15-28-21(25)17-9-6-10-19(13-17)30(26,27)23-12-11-16-7-4-5-8-18(16)14-23/h4-10,13H,11-12,14-15H2,1-3H3. The minimum atomic E-state index is -3.78. The van der Waals surface area contributed by atoms with Crippen LogP contribution in [0.2, 0.25) is 0 Å². The van der Waals surface area contributed by atoms with Crippen molar-refractivity contribution >= 4 is 22.0 Å². The fourth-order valence-electron chi connectivity index (χ4n) is 3.19. The number of carbonyl (C=O) groups excluding carboxylic acids is 2. The van der Waals surface area contributed by atoms with Crippen LogP contribution in [0.15, 0.2) is 53.4 Å². The quantitative estimate of drug-likeness (QED) is 0.676. The highest BCUT2D eigenvalue weighted by molar-refractivity contribution is 7.89. The molecule has 0 N–H and O–H groups in total. The van der Waals surface area contributed by atoms with E-state index in [2.05, 4.69) is 0 Å². The summed E-state index contributed by atoms with van der Waals surface area (Å²) < 4.78 is 37.7. The number of sulfonamides is 1. The molecule has 1 aliphatic rings. The molecule has 7 nitrogen and oxygen atoms in total. The minimum Gasteiger partial charge on any atom is -0.457 e. The highest BCUT2D eigenvalue weighted by Crippen LogP contribution is 2.25. The molecule has 2 aromatic carbocycles. The second-order valence-corrected chi connectivity index (χ2v) is 9.99. The summed E-state index contributed by atoms with van der Waals surface area (Å²) in [5, 5.41) is 0. The molecule has 0 unspecified atom stereocenters. The zero-order valence-corrected chi connectivity index (χ0v) is 18.1. The Balaban J connectivity index is 1.71. The van der Waals surface area contributed by atoms with Crippen molar-refractivity contribution in [1.82, 2.24) is 4.31 Å². The highest BCUT2D eigenvalue weighted by atomic mass is 32.2. The first-order valence-corrected chi connectivity index (χ1v) is 11.1. The van der Waals surface area contributed by atoms with Gasteiger partial charge < -0.3 is 9.47 Å². The highest BCUT2D eigenvalue weighted by Gasteiger charge is 2.29. The Morgan fingerprint density at radius 2 is 1.73 bits per heavy atom. The summed E-state index contributed by atoms with van der Waals surface area (Å²) in [6.07, 6.45) is 0.632. The van der Waals surface area contributed by atoms with Crippen molar-refractivity contribution in [1.29, 1.82) is 0 Å². The topological polar surface area (TPSA) is 90.0 Å². The van der Waals surface area contributed by atoms with Gasteiger partial charge in [-0.15, -0.1) is 0 Å². The SMILES string of the molecule is CC(C)(C)OC(=O)COC(=O)c1cccc(S(=O)(=O)N2CCc3ccccc3C2)c1. The molecule has 0 spiro atoms. The van der Waals surface area contributed by atoms with Crippen molar-refractivity contribution in [3.05, 3.63) is 65.2 Å². The monoisotopic (exact) mass is 431 g/mol. The van der Waals surface area contributed by atoms with Crippen molar-refractivity contribution < 1.29 is 27.5 Å². The number of fused-ring (bicyclic) bond motifs is 1. The molecule has 8 heteroatoms. The molecule has 0 atom stereocenters. The van der Waals surface area contributed by atoms with E-state index in [4.69, 9.17) is 9.47 Å². The third kappa shape index (κ3) is 5.25. The Hall–Kier alpha value is -2.71. The fourth-order valence-corrected chi connectivity index (χ4v) is 4.65. The molecule has 0 bridgehead atoms. The Kier molecular flexibility index (Phi) is 6.28. The molecule has 1 heterocycles. The number of carbonyl (C=O) groups is 2. The number of hydrogen-bond donors (Lipinski definition) is 0. The normalized spacial score (nSPS) is 14.6. The zero-order chi connectivity index (χ0) is 21.9. The lowest BCUT2D eigenvalue weighted by molar-refractivity contribution is -0.158. The van der Waals surface area contributed by atoms with E-state index in [1.54, 1.807) is 20.8 Å². The number of nitrogens with zero attached hydrogens (tertiary/aromatic N) is 1. The second kappa shape index (κ2) is 8.57. The first-order valence-electron chi connectivity index (χ1n) is 9.62. The summed E-state index contributed by atoms with van der Waals surface area (Å²) in [6.45, 7) is 5.23. The molecule has 0 amide bonds. The first-order chi connectivity index (χ1) is 14.1. The van der Waals surface area contributed by atoms with Gasteiger partial charge in [0.25, 0.3) is 0 Å². The molecular weight excluding hydrogens is 406 g/mol. The van der Waals surface area contributed by atoms with Crippen molar-refractivity contribution in [3.63, 3.8) is 0 Å². The molecule has 1 aliphatic heterocycles. The van der Waals surface area contributed by atoms with Gasteiger partial charge in [0.15, 0.2) is 6.61 Å². The van der Waals surface area contributed by atoms with Crippen molar-refractivity contribution in [2.24, 2.45) is 0 Å². The average molecular weight is 432 g/mol. The first kappa shape index (κ1) is 22.0. The summed E-state index contributed by atoms with van der Waals surface area (Å²) >= 11 is 0. The van der Waals surface area contributed by atoms with Crippen LogP contribution in [0.5, 0.6) is 0 Å². The van der Waals surface area contributed by atoms with Gasteiger partial charge in [0, 0.05) is 13.1 Å². The number of ether oxygens (including phenoxy) is 2. The second-order valence-electron chi connectivity index (χ2n) is 8.05. The fraction of sp³-hybridized carbons (Fsp3) is 0.364. The van der Waals surface area contributed by atoms with Gasteiger partial charge in [0.1, 0.15) is 5.60 Å². The van der Waals surface area contributed by atoms with E-state index >= 15 is 0 Å². The molecule has 0 fully saturated rings. The minimum absolute atomic E-state index is 0.00796. The van der Waals surface area contributed by atoms with E-state index in [0.717, 1.165) is 11.1 Å². The van der Waals surface area contributed by atoms with Gasteiger partial charge >= 0.3 is 11.9 Å². The lowest BCUT2D eigenvalue weighted by atomic mass is 10.0. The number of hydrogen-bond acceptors (Lipinski definition) is 6. The molecule has 30 heavy (non-hydrogen) atoms. The van der Waals surface area contributed by atoms with Gasteiger partial charge in [-0.2, -0.15) is 4.31 Å². The Labute approximate surface area is 176 Å². The van der Waals surface area contributed by atoms with E-state index in [-0.39, 0.29) is 17.0 Å². The van der Waals surface area contributed by atoms with Crippen LogP contribution < -0.4 is 0 Å². The summed E-state index contributed by atoms with van der Waals surface area (Å²) in [4.78, 5) is 24.0. The molecule has 2 aromatic rings. The maximum absolute atomic E-state index is 13.1. The largest absolute Gasteiger partial charge is 0.457 e. The lowest BCUT2D eigenvalue weighted by Gasteiger charge is -2.28. The van der Waals surface area contributed by atoms with Crippen LogP contribution in [0.3, 0.4) is 0 Å². The van der Waals surface area contributed by atoms with Crippen molar-refractivity contribution in [2.45, 2.75) is 44.2 Å². The predicted octanol–water partition coefficient (Wildman–Crippen LogP) is 2.93. The maximum Gasteiger partial charge on any atom is 0.344 e.